The highest BCUT2D eigenvalue weighted by Crippen LogP contribution is 2.31. The molecule has 0 aromatic carbocycles. The minimum atomic E-state index is -0.960. The zero-order valence-corrected chi connectivity index (χ0v) is 17.6. The normalized spacial score (nSPS) is 18.5. The molecular formula is C22H27FN6O2. The molecule has 0 bridgehead atoms. The smallest absolute Gasteiger partial charge is 0.327 e. The summed E-state index contributed by atoms with van der Waals surface area (Å²) in [5.74, 6) is 0.575. The fourth-order valence-corrected chi connectivity index (χ4v) is 4.19. The lowest BCUT2D eigenvalue weighted by Crippen LogP contribution is -2.41. The van der Waals surface area contributed by atoms with Crippen molar-refractivity contribution in [3.05, 3.63) is 47.2 Å². The van der Waals surface area contributed by atoms with E-state index in [9.17, 15) is 14.0 Å². The van der Waals surface area contributed by atoms with Crippen LogP contribution in [0.25, 0.3) is 0 Å². The van der Waals surface area contributed by atoms with Crippen molar-refractivity contribution in [3.8, 4) is 0 Å². The summed E-state index contributed by atoms with van der Waals surface area (Å²) in [5.41, 5.74) is 2.29. The zero-order valence-electron chi connectivity index (χ0n) is 17.6. The summed E-state index contributed by atoms with van der Waals surface area (Å²) in [6, 6.07) is 4.95. The van der Waals surface area contributed by atoms with Crippen LogP contribution >= 0.6 is 0 Å². The van der Waals surface area contributed by atoms with Gasteiger partial charge in [-0.05, 0) is 50.3 Å². The lowest BCUT2D eigenvalue weighted by Gasteiger charge is -2.32. The fraction of sp³-hybridized carbons (Fsp3) is 0.455. The van der Waals surface area contributed by atoms with Crippen LogP contribution in [-0.4, -0.2) is 58.7 Å². The highest BCUT2D eigenvalue weighted by molar-refractivity contribution is 5.94. The van der Waals surface area contributed by atoms with Crippen molar-refractivity contribution in [2.24, 2.45) is 0 Å². The highest BCUT2D eigenvalue weighted by Gasteiger charge is 2.26. The van der Waals surface area contributed by atoms with Crippen LogP contribution in [0.4, 0.5) is 20.7 Å². The molecule has 2 amide bonds. The Morgan fingerprint density at radius 2 is 2.13 bits per heavy atom. The molecule has 2 N–H and O–H groups in total. The van der Waals surface area contributed by atoms with E-state index in [1.54, 1.807) is 29.4 Å². The van der Waals surface area contributed by atoms with Crippen molar-refractivity contribution >= 4 is 23.4 Å². The van der Waals surface area contributed by atoms with E-state index in [0.29, 0.717) is 31.5 Å². The van der Waals surface area contributed by atoms with Crippen LogP contribution in [0.15, 0.2) is 30.6 Å². The van der Waals surface area contributed by atoms with Gasteiger partial charge in [0, 0.05) is 43.8 Å². The summed E-state index contributed by atoms with van der Waals surface area (Å²) in [4.78, 5) is 33.0. The average molecular weight is 426 g/mol. The number of fused-ring (bicyclic) bond motifs is 1. The second kappa shape index (κ2) is 8.87. The molecule has 0 saturated carbocycles. The van der Waals surface area contributed by atoms with E-state index in [1.165, 1.54) is 4.57 Å². The molecule has 2 aliphatic heterocycles. The minimum Gasteiger partial charge on any atom is -0.338 e. The standard InChI is InChI=1S/C22H27FN6O2/c1-2-25-22(31)29-10-7-18(12-19(29)24)28-9-3-5-15-11-16(13-26-20(15)28)21(30)27-8-4-6-17(23)14-27/h7,10-13,17,24H,2-6,8-9,14H2,1H3,(H,25,31)/t17-/m0/s1. The number of piperidine rings is 1. The molecule has 2 aromatic rings. The first-order valence-electron chi connectivity index (χ1n) is 10.7. The van der Waals surface area contributed by atoms with E-state index in [2.05, 4.69) is 10.3 Å². The van der Waals surface area contributed by atoms with E-state index >= 15 is 0 Å². The van der Waals surface area contributed by atoms with Gasteiger partial charge in [0.25, 0.3) is 5.91 Å². The van der Waals surface area contributed by atoms with Crippen LogP contribution < -0.4 is 15.7 Å². The third-order valence-electron chi connectivity index (χ3n) is 5.72. The van der Waals surface area contributed by atoms with Crippen molar-refractivity contribution < 1.29 is 14.0 Å². The lowest BCUT2D eigenvalue weighted by molar-refractivity contribution is 0.0635. The summed E-state index contributed by atoms with van der Waals surface area (Å²) in [6.45, 7) is 3.76. The first-order valence-corrected chi connectivity index (χ1v) is 10.7. The summed E-state index contributed by atoms with van der Waals surface area (Å²) in [5, 5.41) is 10.9. The minimum absolute atomic E-state index is 0.0771. The third kappa shape index (κ3) is 4.30. The number of nitrogens with one attached hydrogen (secondary N) is 2. The first kappa shape index (κ1) is 21.0. The number of amides is 2. The number of carbonyl (C=O) groups excluding carboxylic acids is 2. The maximum Gasteiger partial charge on any atom is 0.327 e. The molecule has 0 spiro atoms. The van der Waals surface area contributed by atoms with Crippen molar-refractivity contribution in [1.82, 2.24) is 19.8 Å². The van der Waals surface area contributed by atoms with E-state index in [4.69, 9.17) is 5.41 Å². The van der Waals surface area contributed by atoms with Crippen molar-refractivity contribution in [2.75, 3.05) is 31.1 Å². The quantitative estimate of drug-likeness (QED) is 0.789. The van der Waals surface area contributed by atoms with Gasteiger partial charge in [-0.2, -0.15) is 0 Å². The van der Waals surface area contributed by atoms with Crippen molar-refractivity contribution in [1.29, 1.82) is 5.41 Å². The molecule has 1 fully saturated rings. The predicted octanol–water partition coefficient (Wildman–Crippen LogP) is 2.60. The molecule has 1 atom stereocenters. The highest BCUT2D eigenvalue weighted by atomic mass is 19.1. The van der Waals surface area contributed by atoms with E-state index in [0.717, 1.165) is 36.5 Å². The third-order valence-corrected chi connectivity index (χ3v) is 5.72. The van der Waals surface area contributed by atoms with E-state index in [1.807, 2.05) is 17.9 Å². The Morgan fingerprint density at radius 3 is 2.87 bits per heavy atom. The number of rotatable bonds is 3. The molecule has 2 aliphatic rings. The van der Waals surface area contributed by atoms with Crippen molar-refractivity contribution in [3.63, 3.8) is 0 Å². The molecule has 0 aliphatic carbocycles. The van der Waals surface area contributed by atoms with Gasteiger partial charge < -0.3 is 15.1 Å². The van der Waals surface area contributed by atoms with Gasteiger partial charge >= 0.3 is 6.03 Å². The Bertz CT molecular complexity index is 1050. The molecule has 9 heteroatoms. The summed E-state index contributed by atoms with van der Waals surface area (Å²) in [6.07, 6.45) is 5.04. The number of likely N-dealkylation sites (tertiary alicyclic amines) is 1. The monoisotopic (exact) mass is 426 g/mol. The zero-order chi connectivity index (χ0) is 22.0. The number of halogens is 1. The Labute approximate surface area is 180 Å². The molecular weight excluding hydrogens is 399 g/mol. The Hall–Kier alpha value is -3.23. The van der Waals surface area contributed by atoms with Gasteiger partial charge in [0.2, 0.25) is 0 Å². The number of nitrogens with zero attached hydrogens (tertiary/aromatic N) is 4. The average Bonchev–Trinajstić information content (AvgIpc) is 2.77. The SMILES string of the molecule is CCNC(=O)n1ccc(N2CCCc3cc(C(=O)N4CCC[C@H](F)C4)cnc32)cc1=N. The molecule has 31 heavy (non-hydrogen) atoms. The van der Waals surface area contributed by atoms with Crippen LogP contribution in [0.5, 0.6) is 0 Å². The van der Waals surface area contributed by atoms with Gasteiger partial charge in [-0.15, -0.1) is 0 Å². The van der Waals surface area contributed by atoms with Crippen LogP contribution in [-0.2, 0) is 6.42 Å². The number of hydrogen-bond acceptors (Lipinski definition) is 5. The Kier molecular flexibility index (Phi) is 6.01. The van der Waals surface area contributed by atoms with E-state index < -0.39 is 6.17 Å². The molecule has 4 heterocycles. The largest absolute Gasteiger partial charge is 0.338 e. The summed E-state index contributed by atoms with van der Waals surface area (Å²) < 4.78 is 15.0. The number of carbonyl (C=O) groups is 2. The maximum absolute atomic E-state index is 13.7. The first-order chi connectivity index (χ1) is 15.0. The lowest BCUT2D eigenvalue weighted by atomic mass is 10.0. The second-order valence-corrected chi connectivity index (χ2v) is 7.93. The number of aromatic nitrogens is 2. The number of pyridine rings is 2. The number of anilines is 2. The van der Waals surface area contributed by atoms with Gasteiger partial charge in [-0.1, -0.05) is 0 Å². The molecule has 4 rings (SSSR count). The molecule has 164 valence electrons. The van der Waals surface area contributed by atoms with Crippen LogP contribution in [0.3, 0.4) is 0 Å². The number of alkyl halides is 1. The fourth-order valence-electron chi connectivity index (χ4n) is 4.19. The van der Waals surface area contributed by atoms with Gasteiger partial charge in [0.15, 0.2) is 0 Å². The van der Waals surface area contributed by atoms with Crippen LogP contribution in [0, 0.1) is 5.41 Å². The topological polar surface area (TPSA) is 94.3 Å². The Morgan fingerprint density at radius 1 is 1.29 bits per heavy atom. The molecule has 0 unspecified atom stereocenters. The molecule has 1 saturated heterocycles. The van der Waals surface area contributed by atoms with Gasteiger partial charge in [-0.3, -0.25) is 14.8 Å². The van der Waals surface area contributed by atoms with Crippen molar-refractivity contribution in [2.45, 2.75) is 38.8 Å². The van der Waals surface area contributed by atoms with Crippen LogP contribution in [0.1, 0.15) is 42.1 Å². The van der Waals surface area contributed by atoms with Gasteiger partial charge in [0.05, 0.1) is 12.1 Å². The van der Waals surface area contributed by atoms with Crippen LogP contribution in [0.2, 0.25) is 0 Å². The summed E-state index contributed by atoms with van der Waals surface area (Å²) >= 11 is 0. The van der Waals surface area contributed by atoms with Gasteiger partial charge in [0.1, 0.15) is 17.5 Å². The maximum atomic E-state index is 13.7. The van der Waals surface area contributed by atoms with Gasteiger partial charge in [-0.25, -0.2) is 14.2 Å². The predicted molar refractivity (Wildman–Crippen MR) is 114 cm³/mol. The molecule has 2 aromatic heterocycles. The van der Waals surface area contributed by atoms with E-state index in [-0.39, 0.29) is 24.0 Å². The Balaban J connectivity index is 1.59. The number of hydrogen-bond donors (Lipinski definition) is 2. The number of aryl methyl sites for hydroxylation is 1. The summed E-state index contributed by atoms with van der Waals surface area (Å²) in [7, 11) is 0. The molecule has 8 nitrogen and oxygen atoms in total. The molecule has 0 radical (unpaired) electrons. The second-order valence-electron chi connectivity index (χ2n) is 7.93.